The fourth-order valence-electron chi connectivity index (χ4n) is 1.89. The van der Waals surface area contributed by atoms with Gasteiger partial charge in [0, 0.05) is 12.8 Å². The number of halogens is 4. The predicted molar refractivity (Wildman–Crippen MR) is 64.0 cm³/mol. The monoisotopic (exact) mass is 306 g/mol. The largest absolute Gasteiger partial charge is 0.421 e. The van der Waals surface area contributed by atoms with Crippen molar-refractivity contribution in [2.24, 2.45) is 5.92 Å². The number of ether oxygens (including phenoxy) is 1. The molecule has 2 heterocycles. The molecule has 0 unspecified atom stereocenters. The molecule has 1 N–H and O–H groups in total. The number of anilines is 1. The van der Waals surface area contributed by atoms with Crippen molar-refractivity contribution in [1.82, 2.24) is 9.97 Å². The highest BCUT2D eigenvalue weighted by atomic mass is 35.5. The quantitative estimate of drug-likeness (QED) is 0.850. The Balaban J connectivity index is 2.28. The molecule has 2 atom stereocenters. The molecule has 0 spiro atoms. The Kier molecular flexibility index (Phi) is 4.30. The smallest absolute Gasteiger partial charge is 0.379 e. The van der Waals surface area contributed by atoms with Gasteiger partial charge < -0.3 is 10.1 Å². The van der Waals surface area contributed by atoms with E-state index >= 15 is 0 Å². The molecule has 0 aromatic carbocycles. The Morgan fingerprint density at radius 3 is 2.90 bits per heavy atom. The second-order valence-corrected chi connectivity index (χ2v) is 4.59. The predicted octanol–water partition coefficient (Wildman–Crippen LogP) is 2.49. The number of hydrogen-bond acceptors (Lipinski definition) is 5. The van der Waals surface area contributed by atoms with Gasteiger partial charge in [0.1, 0.15) is 11.4 Å². The first-order valence-corrected chi connectivity index (χ1v) is 6.13. The molecule has 0 amide bonds. The standard InChI is InChI=1S/C11H10ClF3N4O/c12-10-17-4-7(11(13,14)15)9(19-10)18-8-5-20-2-1-6(8)3-16/h4,6,8H,1-2,5H2,(H,17,18,19)/t6-,8+/m0/s1. The Hall–Kier alpha value is -1.59. The molecule has 0 bridgehead atoms. The lowest BCUT2D eigenvalue weighted by atomic mass is 9.96. The van der Waals surface area contributed by atoms with Gasteiger partial charge >= 0.3 is 6.18 Å². The maximum Gasteiger partial charge on any atom is 0.421 e. The van der Waals surface area contributed by atoms with Crippen LogP contribution in [0.5, 0.6) is 0 Å². The molecule has 0 radical (unpaired) electrons. The van der Waals surface area contributed by atoms with Crippen molar-refractivity contribution in [1.29, 1.82) is 5.26 Å². The van der Waals surface area contributed by atoms with Crippen molar-refractivity contribution in [3.05, 3.63) is 17.0 Å². The third-order valence-corrected chi connectivity index (χ3v) is 3.09. The fraction of sp³-hybridized carbons (Fsp3) is 0.545. The van der Waals surface area contributed by atoms with Gasteiger partial charge in [-0.3, -0.25) is 0 Å². The van der Waals surface area contributed by atoms with Crippen LogP contribution in [0.25, 0.3) is 0 Å². The van der Waals surface area contributed by atoms with Crippen molar-refractivity contribution in [3.8, 4) is 6.07 Å². The van der Waals surface area contributed by atoms with Gasteiger partial charge in [-0.15, -0.1) is 0 Å². The zero-order chi connectivity index (χ0) is 14.8. The molecular weight excluding hydrogens is 297 g/mol. The topological polar surface area (TPSA) is 70.8 Å². The molecule has 5 nitrogen and oxygen atoms in total. The maximum atomic E-state index is 12.9. The lowest BCUT2D eigenvalue weighted by molar-refractivity contribution is -0.137. The minimum Gasteiger partial charge on any atom is -0.379 e. The van der Waals surface area contributed by atoms with E-state index < -0.39 is 29.5 Å². The molecule has 0 aliphatic carbocycles. The molecule has 1 aliphatic heterocycles. The number of alkyl halides is 3. The van der Waals surface area contributed by atoms with E-state index in [-0.39, 0.29) is 11.9 Å². The summed E-state index contributed by atoms with van der Waals surface area (Å²) in [5.41, 5.74) is -1.02. The molecule has 20 heavy (non-hydrogen) atoms. The van der Waals surface area contributed by atoms with Crippen LogP contribution in [-0.4, -0.2) is 29.2 Å². The SMILES string of the molecule is N#C[C@@H]1CCOC[C@H]1Nc1nc(Cl)ncc1C(F)(F)F. The highest BCUT2D eigenvalue weighted by Gasteiger charge is 2.37. The second-order valence-electron chi connectivity index (χ2n) is 4.25. The summed E-state index contributed by atoms with van der Waals surface area (Å²) >= 11 is 5.53. The zero-order valence-electron chi connectivity index (χ0n) is 10.1. The van der Waals surface area contributed by atoms with Gasteiger partial charge in [0.15, 0.2) is 0 Å². The normalized spacial score (nSPS) is 23.1. The maximum absolute atomic E-state index is 12.9. The summed E-state index contributed by atoms with van der Waals surface area (Å²) in [4.78, 5) is 6.90. The van der Waals surface area contributed by atoms with Crippen molar-refractivity contribution in [3.63, 3.8) is 0 Å². The zero-order valence-corrected chi connectivity index (χ0v) is 10.9. The third-order valence-electron chi connectivity index (χ3n) is 2.91. The van der Waals surface area contributed by atoms with Crippen molar-refractivity contribution < 1.29 is 17.9 Å². The van der Waals surface area contributed by atoms with E-state index in [1.807, 2.05) is 6.07 Å². The number of nitrogens with zero attached hydrogens (tertiary/aromatic N) is 3. The van der Waals surface area contributed by atoms with E-state index in [0.717, 1.165) is 0 Å². The fourth-order valence-corrected chi connectivity index (χ4v) is 2.02. The molecule has 1 aromatic heterocycles. The van der Waals surface area contributed by atoms with Crippen LogP contribution in [-0.2, 0) is 10.9 Å². The summed E-state index contributed by atoms with van der Waals surface area (Å²) in [5.74, 6) is -0.883. The van der Waals surface area contributed by atoms with E-state index in [0.29, 0.717) is 19.2 Å². The van der Waals surface area contributed by atoms with Gasteiger partial charge in [0.25, 0.3) is 0 Å². The molecular formula is C11H10ClF3N4O. The highest BCUT2D eigenvalue weighted by molar-refractivity contribution is 6.28. The van der Waals surface area contributed by atoms with Crippen LogP contribution < -0.4 is 5.32 Å². The number of hydrogen-bond donors (Lipinski definition) is 1. The average Bonchev–Trinajstić information content (AvgIpc) is 2.38. The van der Waals surface area contributed by atoms with Gasteiger partial charge in [0.2, 0.25) is 5.28 Å². The summed E-state index contributed by atoms with van der Waals surface area (Å²) in [6.45, 7) is 0.546. The summed E-state index contributed by atoms with van der Waals surface area (Å²) in [7, 11) is 0. The van der Waals surface area contributed by atoms with Gasteiger partial charge in [-0.2, -0.15) is 18.4 Å². The Bertz CT molecular complexity index is 531. The number of nitrogens with one attached hydrogen (secondary N) is 1. The first-order chi connectivity index (χ1) is 9.41. The summed E-state index contributed by atoms with van der Waals surface area (Å²) in [6.07, 6.45) is -3.54. The summed E-state index contributed by atoms with van der Waals surface area (Å²) in [6, 6.07) is 1.48. The Labute approximate surface area is 117 Å². The summed E-state index contributed by atoms with van der Waals surface area (Å²) < 4.78 is 43.7. The lowest BCUT2D eigenvalue weighted by Crippen LogP contribution is -2.38. The van der Waals surface area contributed by atoms with E-state index in [1.54, 1.807) is 0 Å². The first-order valence-electron chi connectivity index (χ1n) is 5.75. The van der Waals surface area contributed by atoms with E-state index in [2.05, 4.69) is 15.3 Å². The van der Waals surface area contributed by atoms with Gasteiger partial charge in [-0.1, -0.05) is 0 Å². The van der Waals surface area contributed by atoms with Gasteiger partial charge in [-0.25, -0.2) is 9.97 Å². The number of nitriles is 1. The molecule has 1 fully saturated rings. The van der Waals surface area contributed by atoms with Gasteiger partial charge in [-0.05, 0) is 18.0 Å². The molecule has 1 aliphatic rings. The Morgan fingerprint density at radius 2 is 2.25 bits per heavy atom. The minimum atomic E-state index is -4.61. The van der Waals surface area contributed by atoms with Crippen molar-refractivity contribution in [2.75, 3.05) is 18.5 Å². The number of rotatable bonds is 2. The van der Waals surface area contributed by atoms with Crippen LogP contribution in [0, 0.1) is 17.2 Å². The van der Waals surface area contributed by atoms with Crippen LogP contribution in [0.4, 0.5) is 19.0 Å². The molecule has 2 rings (SSSR count). The van der Waals surface area contributed by atoms with E-state index in [4.69, 9.17) is 21.6 Å². The minimum absolute atomic E-state index is 0.136. The van der Waals surface area contributed by atoms with Crippen LogP contribution in [0.2, 0.25) is 5.28 Å². The molecule has 9 heteroatoms. The first kappa shape index (κ1) is 14.8. The third kappa shape index (κ3) is 3.29. The van der Waals surface area contributed by atoms with Crippen LogP contribution in [0.3, 0.4) is 0 Å². The van der Waals surface area contributed by atoms with Crippen LogP contribution in [0.15, 0.2) is 6.20 Å². The average molecular weight is 307 g/mol. The lowest BCUT2D eigenvalue weighted by Gasteiger charge is -2.28. The molecule has 108 valence electrons. The number of aromatic nitrogens is 2. The van der Waals surface area contributed by atoms with E-state index in [1.165, 1.54) is 0 Å². The van der Waals surface area contributed by atoms with E-state index in [9.17, 15) is 13.2 Å². The van der Waals surface area contributed by atoms with Gasteiger partial charge in [0.05, 0.1) is 24.6 Å². The van der Waals surface area contributed by atoms with Crippen LogP contribution >= 0.6 is 11.6 Å². The summed E-state index contributed by atoms with van der Waals surface area (Å²) in [5, 5.41) is 11.3. The molecule has 1 aromatic rings. The van der Waals surface area contributed by atoms with Crippen molar-refractivity contribution in [2.45, 2.75) is 18.6 Å². The molecule has 0 saturated carbocycles. The highest BCUT2D eigenvalue weighted by Crippen LogP contribution is 2.34. The molecule has 1 saturated heterocycles. The Morgan fingerprint density at radius 1 is 1.50 bits per heavy atom. The second kappa shape index (κ2) is 5.81. The van der Waals surface area contributed by atoms with Crippen molar-refractivity contribution >= 4 is 17.4 Å². The van der Waals surface area contributed by atoms with Crippen LogP contribution in [0.1, 0.15) is 12.0 Å².